The van der Waals surface area contributed by atoms with E-state index in [1.54, 1.807) is 6.07 Å². The number of hydrogen-bond donors (Lipinski definition) is 0. The number of nitrogens with zero attached hydrogens (tertiary/aromatic N) is 2. The molecule has 25 heavy (non-hydrogen) atoms. The molecule has 0 saturated carbocycles. The lowest BCUT2D eigenvalue weighted by molar-refractivity contribution is -0.0499. The lowest BCUT2D eigenvalue weighted by atomic mass is 10.0. The monoisotopic (exact) mass is 346 g/mol. The number of aromatic nitrogens is 2. The van der Waals surface area contributed by atoms with Gasteiger partial charge in [-0.3, -0.25) is 0 Å². The lowest BCUT2D eigenvalue weighted by Gasteiger charge is -2.13. The fraction of sp³-hybridized carbons (Fsp3) is 0.316. The predicted octanol–water partition coefficient (Wildman–Crippen LogP) is 4.95. The molecule has 0 amide bonds. The first-order valence-electron chi connectivity index (χ1n) is 8.05. The fourth-order valence-corrected chi connectivity index (χ4v) is 3.05. The summed E-state index contributed by atoms with van der Waals surface area (Å²) < 4.78 is 36.8. The van der Waals surface area contributed by atoms with Crippen LogP contribution >= 0.6 is 0 Å². The van der Waals surface area contributed by atoms with Gasteiger partial charge in [0.1, 0.15) is 11.5 Å². The Balaban J connectivity index is 2.15. The number of aryl methyl sites for hydroxylation is 3. The Bertz CT molecular complexity index is 919. The average Bonchev–Trinajstić information content (AvgIpc) is 2.89. The molecule has 0 unspecified atom stereocenters. The van der Waals surface area contributed by atoms with E-state index < -0.39 is 6.61 Å². The first-order valence-corrected chi connectivity index (χ1v) is 8.05. The number of benzene rings is 1. The molecular weight excluding hydrogens is 326 g/mol. The largest absolute Gasteiger partial charge is 0.496 e. The third-order valence-corrected chi connectivity index (χ3v) is 4.22. The molecule has 1 aromatic carbocycles. The summed E-state index contributed by atoms with van der Waals surface area (Å²) in [5.74, 6) is 0.503. The quantitative estimate of drug-likeness (QED) is 0.656. The molecule has 0 spiro atoms. The highest BCUT2D eigenvalue weighted by atomic mass is 19.3. The average molecular weight is 346 g/mol. The van der Waals surface area contributed by atoms with Crippen molar-refractivity contribution >= 4 is 11.0 Å². The van der Waals surface area contributed by atoms with Gasteiger partial charge in [0.2, 0.25) is 0 Å². The zero-order valence-electron chi connectivity index (χ0n) is 14.6. The summed E-state index contributed by atoms with van der Waals surface area (Å²) in [6, 6.07) is 6.75. The fourth-order valence-electron chi connectivity index (χ4n) is 3.05. The maximum absolute atomic E-state index is 12.4. The van der Waals surface area contributed by atoms with Crippen LogP contribution in [0.25, 0.3) is 22.3 Å². The van der Waals surface area contributed by atoms with E-state index in [-0.39, 0.29) is 5.75 Å². The van der Waals surface area contributed by atoms with E-state index in [0.29, 0.717) is 5.75 Å². The minimum absolute atomic E-state index is 0.0580. The summed E-state index contributed by atoms with van der Waals surface area (Å²) in [7, 11) is 1.50. The smallest absolute Gasteiger partial charge is 0.387 e. The Hall–Kier alpha value is -2.63. The van der Waals surface area contributed by atoms with E-state index in [4.69, 9.17) is 9.72 Å². The third kappa shape index (κ3) is 3.16. The highest BCUT2D eigenvalue weighted by molar-refractivity contribution is 5.85. The summed E-state index contributed by atoms with van der Waals surface area (Å²) in [5, 5.41) is 0. The van der Waals surface area contributed by atoms with E-state index in [1.165, 1.54) is 19.2 Å². The van der Waals surface area contributed by atoms with Crippen molar-refractivity contribution in [2.24, 2.45) is 0 Å². The molecule has 0 saturated heterocycles. The number of alkyl halides is 2. The van der Waals surface area contributed by atoms with E-state index in [2.05, 4.69) is 28.5 Å². The van der Waals surface area contributed by atoms with Crippen molar-refractivity contribution in [2.75, 3.05) is 7.11 Å². The van der Waals surface area contributed by atoms with Crippen LogP contribution in [0.5, 0.6) is 11.5 Å². The van der Waals surface area contributed by atoms with Crippen LogP contribution in [-0.4, -0.2) is 23.3 Å². The van der Waals surface area contributed by atoms with E-state index >= 15 is 0 Å². The highest BCUT2D eigenvalue weighted by Gasteiger charge is 2.16. The maximum Gasteiger partial charge on any atom is 0.387 e. The number of pyridine rings is 1. The molecule has 0 aliphatic carbocycles. The van der Waals surface area contributed by atoms with Crippen molar-refractivity contribution in [3.63, 3.8) is 0 Å². The van der Waals surface area contributed by atoms with Crippen LogP contribution in [0.15, 0.2) is 30.5 Å². The molecular formula is C19H20F2N2O2. The van der Waals surface area contributed by atoms with Crippen LogP contribution < -0.4 is 9.47 Å². The van der Waals surface area contributed by atoms with Crippen molar-refractivity contribution in [2.45, 2.75) is 33.9 Å². The zero-order chi connectivity index (χ0) is 18.1. The predicted molar refractivity (Wildman–Crippen MR) is 93.5 cm³/mol. The number of methoxy groups -OCH3 is 1. The molecule has 0 atom stereocenters. The van der Waals surface area contributed by atoms with E-state index in [0.717, 1.165) is 40.0 Å². The van der Waals surface area contributed by atoms with Crippen LogP contribution in [0.2, 0.25) is 0 Å². The van der Waals surface area contributed by atoms with Gasteiger partial charge in [-0.15, -0.1) is 0 Å². The van der Waals surface area contributed by atoms with Gasteiger partial charge in [0.15, 0.2) is 0 Å². The first-order chi connectivity index (χ1) is 11.9. The van der Waals surface area contributed by atoms with Gasteiger partial charge in [0.05, 0.1) is 23.8 Å². The molecule has 3 rings (SSSR count). The van der Waals surface area contributed by atoms with Gasteiger partial charge in [-0.25, -0.2) is 4.98 Å². The van der Waals surface area contributed by atoms with Gasteiger partial charge in [-0.1, -0.05) is 0 Å². The van der Waals surface area contributed by atoms with Gasteiger partial charge in [-0.2, -0.15) is 8.78 Å². The van der Waals surface area contributed by atoms with Gasteiger partial charge in [-0.05, 0) is 50.1 Å². The molecule has 0 fully saturated rings. The minimum Gasteiger partial charge on any atom is -0.496 e. The number of hydrogen-bond acceptors (Lipinski definition) is 3. The van der Waals surface area contributed by atoms with Crippen LogP contribution in [-0.2, 0) is 6.54 Å². The second-order valence-corrected chi connectivity index (χ2v) is 5.86. The summed E-state index contributed by atoms with van der Waals surface area (Å²) in [6.07, 6.45) is 2.08. The molecule has 0 N–H and O–H groups in total. The van der Waals surface area contributed by atoms with Crippen molar-refractivity contribution in [3.05, 3.63) is 41.6 Å². The van der Waals surface area contributed by atoms with Crippen LogP contribution in [0.1, 0.15) is 18.1 Å². The van der Waals surface area contributed by atoms with Gasteiger partial charge >= 0.3 is 6.61 Å². The lowest BCUT2D eigenvalue weighted by Crippen LogP contribution is -2.02. The summed E-state index contributed by atoms with van der Waals surface area (Å²) >= 11 is 0. The Morgan fingerprint density at radius 3 is 2.56 bits per heavy atom. The minimum atomic E-state index is -2.87. The third-order valence-electron chi connectivity index (χ3n) is 4.22. The summed E-state index contributed by atoms with van der Waals surface area (Å²) in [6.45, 7) is 4.09. The summed E-state index contributed by atoms with van der Waals surface area (Å²) in [4.78, 5) is 4.82. The van der Waals surface area contributed by atoms with Gasteiger partial charge in [0.25, 0.3) is 0 Å². The molecule has 3 aromatic rings. The van der Waals surface area contributed by atoms with Gasteiger partial charge < -0.3 is 14.0 Å². The summed E-state index contributed by atoms with van der Waals surface area (Å²) in [5.41, 5.74) is 5.60. The highest BCUT2D eigenvalue weighted by Crippen LogP contribution is 2.36. The Labute approximate surface area is 145 Å². The molecule has 2 heterocycles. The number of fused-ring (bicyclic) bond motifs is 1. The SMILES string of the molecule is CCn1cc(C)c2nc(-c3ccc(OC(F)F)cc3OC)c(C)cc21. The Morgan fingerprint density at radius 2 is 1.92 bits per heavy atom. The Morgan fingerprint density at radius 1 is 1.16 bits per heavy atom. The van der Waals surface area contributed by atoms with Crippen molar-refractivity contribution in [1.29, 1.82) is 0 Å². The van der Waals surface area contributed by atoms with Crippen molar-refractivity contribution in [1.82, 2.24) is 9.55 Å². The van der Waals surface area contributed by atoms with E-state index in [1.807, 2.05) is 13.8 Å². The normalized spacial score (nSPS) is 11.3. The molecule has 4 nitrogen and oxygen atoms in total. The number of halogens is 2. The van der Waals surface area contributed by atoms with Gasteiger partial charge in [0, 0.05) is 24.4 Å². The molecule has 0 aliphatic heterocycles. The zero-order valence-corrected chi connectivity index (χ0v) is 14.6. The van der Waals surface area contributed by atoms with Crippen molar-refractivity contribution in [3.8, 4) is 22.8 Å². The van der Waals surface area contributed by atoms with Crippen LogP contribution in [0, 0.1) is 13.8 Å². The maximum atomic E-state index is 12.4. The molecule has 0 radical (unpaired) electrons. The molecule has 6 heteroatoms. The second-order valence-electron chi connectivity index (χ2n) is 5.86. The Kier molecular flexibility index (Phi) is 4.61. The number of rotatable bonds is 5. The van der Waals surface area contributed by atoms with Crippen LogP contribution in [0.3, 0.4) is 0 Å². The molecule has 0 bridgehead atoms. The first kappa shape index (κ1) is 17.2. The standard InChI is InChI=1S/C19H20F2N2O2/c1-5-23-10-12(3)18-15(23)8-11(2)17(22-18)14-7-6-13(25-19(20)21)9-16(14)24-4/h6-10,19H,5H2,1-4H3. The molecule has 2 aromatic heterocycles. The number of ether oxygens (including phenoxy) is 2. The molecule has 132 valence electrons. The topological polar surface area (TPSA) is 36.3 Å². The van der Waals surface area contributed by atoms with Crippen molar-refractivity contribution < 1.29 is 18.3 Å². The second kappa shape index (κ2) is 6.70. The van der Waals surface area contributed by atoms with E-state index in [9.17, 15) is 8.78 Å². The molecule has 0 aliphatic rings. The van der Waals surface area contributed by atoms with Crippen LogP contribution in [0.4, 0.5) is 8.78 Å².